The van der Waals surface area contributed by atoms with Crippen molar-refractivity contribution >= 4 is 39.1 Å². The lowest BCUT2D eigenvalue weighted by molar-refractivity contribution is 0.795. The van der Waals surface area contributed by atoms with Crippen LogP contribution in [0.2, 0.25) is 10.0 Å². The van der Waals surface area contributed by atoms with Crippen molar-refractivity contribution in [2.75, 3.05) is 0 Å². The van der Waals surface area contributed by atoms with Crippen LogP contribution in [0.25, 0.3) is 0 Å². The number of rotatable bonds is 5. The Bertz CT molecular complexity index is 543. The van der Waals surface area contributed by atoms with E-state index in [0.29, 0.717) is 10.0 Å². The third-order valence-corrected chi connectivity index (χ3v) is 4.76. The fourth-order valence-corrected chi connectivity index (χ4v) is 3.26. The quantitative estimate of drug-likeness (QED) is 0.505. The summed E-state index contributed by atoms with van der Waals surface area (Å²) in [4.78, 5) is 0.110. The van der Waals surface area contributed by atoms with Crippen LogP contribution in [0, 0.1) is 0 Å². The highest BCUT2D eigenvalue weighted by molar-refractivity contribution is 9.09. The average molecular weight is 372 g/mol. The first-order valence-electron chi connectivity index (χ1n) is 6.79. The van der Waals surface area contributed by atoms with Gasteiger partial charge in [0.25, 0.3) is 0 Å². The number of hydrogen-bond donors (Lipinski definition) is 0. The highest BCUT2D eigenvalue weighted by Crippen LogP contribution is 2.34. The van der Waals surface area contributed by atoms with Gasteiger partial charge in [-0.2, -0.15) is 0 Å². The minimum absolute atomic E-state index is 0.110. The van der Waals surface area contributed by atoms with Crippen molar-refractivity contribution in [2.24, 2.45) is 0 Å². The van der Waals surface area contributed by atoms with Gasteiger partial charge in [0.15, 0.2) is 0 Å². The van der Waals surface area contributed by atoms with Crippen LogP contribution in [0.15, 0.2) is 42.5 Å². The van der Waals surface area contributed by atoms with E-state index in [4.69, 9.17) is 23.2 Å². The van der Waals surface area contributed by atoms with Gasteiger partial charge in [-0.05, 0) is 47.7 Å². The van der Waals surface area contributed by atoms with E-state index < -0.39 is 0 Å². The van der Waals surface area contributed by atoms with Gasteiger partial charge in [-0.15, -0.1) is 0 Å². The third kappa shape index (κ3) is 4.25. The van der Waals surface area contributed by atoms with Crippen molar-refractivity contribution in [3.8, 4) is 0 Å². The maximum Gasteiger partial charge on any atom is 0.0645 e. The summed E-state index contributed by atoms with van der Waals surface area (Å²) in [6, 6.07) is 14.4. The van der Waals surface area contributed by atoms with E-state index in [-0.39, 0.29) is 4.83 Å². The first-order valence-corrected chi connectivity index (χ1v) is 8.46. The van der Waals surface area contributed by atoms with Gasteiger partial charge in [-0.3, -0.25) is 0 Å². The lowest BCUT2D eigenvalue weighted by atomic mass is 10.0. The van der Waals surface area contributed by atoms with E-state index in [1.807, 2.05) is 12.1 Å². The van der Waals surface area contributed by atoms with E-state index in [2.05, 4.69) is 47.1 Å². The molecule has 0 aliphatic heterocycles. The Hall–Kier alpha value is -0.500. The van der Waals surface area contributed by atoms with E-state index in [1.54, 1.807) is 6.07 Å². The molecule has 20 heavy (non-hydrogen) atoms. The molecule has 0 amide bonds. The topological polar surface area (TPSA) is 0 Å². The average Bonchev–Trinajstić information content (AvgIpc) is 2.44. The van der Waals surface area contributed by atoms with Crippen LogP contribution in [-0.4, -0.2) is 0 Å². The molecule has 106 valence electrons. The summed E-state index contributed by atoms with van der Waals surface area (Å²) in [6.07, 6.45) is 3.61. The predicted octanol–water partition coefficient (Wildman–Crippen LogP) is 6.82. The lowest BCUT2D eigenvalue weighted by Gasteiger charge is -2.12. The van der Waals surface area contributed by atoms with E-state index in [9.17, 15) is 0 Å². The highest BCUT2D eigenvalue weighted by atomic mass is 79.9. The van der Waals surface area contributed by atoms with Gasteiger partial charge in [-0.25, -0.2) is 0 Å². The summed E-state index contributed by atoms with van der Waals surface area (Å²) < 4.78 is 0. The minimum atomic E-state index is 0.110. The summed E-state index contributed by atoms with van der Waals surface area (Å²) in [5.41, 5.74) is 3.67. The molecule has 0 aliphatic rings. The molecule has 3 heteroatoms. The van der Waals surface area contributed by atoms with Crippen molar-refractivity contribution in [3.05, 3.63) is 69.2 Å². The van der Waals surface area contributed by atoms with Gasteiger partial charge in [0.05, 0.1) is 4.83 Å². The van der Waals surface area contributed by atoms with E-state index in [0.717, 1.165) is 12.0 Å². The van der Waals surface area contributed by atoms with Crippen LogP contribution in [0.1, 0.15) is 41.3 Å². The molecule has 0 saturated carbocycles. The Morgan fingerprint density at radius 1 is 0.950 bits per heavy atom. The minimum Gasteiger partial charge on any atom is -0.0843 e. The number of halogens is 3. The van der Waals surface area contributed by atoms with E-state index >= 15 is 0 Å². The Morgan fingerprint density at radius 2 is 1.55 bits per heavy atom. The van der Waals surface area contributed by atoms with Crippen LogP contribution < -0.4 is 0 Å². The van der Waals surface area contributed by atoms with Gasteiger partial charge in [-0.1, -0.05) is 76.7 Å². The normalized spacial score (nSPS) is 12.4. The first kappa shape index (κ1) is 15.9. The van der Waals surface area contributed by atoms with Gasteiger partial charge in [0.1, 0.15) is 0 Å². The Balaban J connectivity index is 2.17. The fourth-order valence-electron chi connectivity index (χ4n) is 2.15. The lowest BCUT2D eigenvalue weighted by Crippen LogP contribution is -1.94. The molecule has 0 saturated heterocycles. The van der Waals surface area contributed by atoms with Gasteiger partial charge in [0.2, 0.25) is 0 Å². The molecular weight excluding hydrogens is 355 g/mol. The number of hydrogen-bond acceptors (Lipinski definition) is 0. The van der Waals surface area contributed by atoms with Crippen molar-refractivity contribution < 1.29 is 0 Å². The third-order valence-electron chi connectivity index (χ3n) is 3.27. The van der Waals surface area contributed by atoms with Crippen molar-refractivity contribution in [1.82, 2.24) is 0 Å². The van der Waals surface area contributed by atoms with Crippen LogP contribution in [-0.2, 0) is 6.42 Å². The summed E-state index contributed by atoms with van der Waals surface area (Å²) in [7, 11) is 0. The molecule has 0 radical (unpaired) electrons. The first-order chi connectivity index (χ1) is 9.60. The molecule has 0 nitrogen and oxygen atoms in total. The standard InChI is InChI=1S/C17H17BrCl2/c1-2-3-4-12-5-7-13(8-6-12)17(18)14-9-15(19)11-16(20)10-14/h5-11,17H,2-4H2,1H3. The fraction of sp³-hybridized carbons (Fsp3) is 0.294. The molecule has 1 atom stereocenters. The summed E-state index contributed by atoms with van der Waals surface area (Å²) >= 11 is 15.8. The molecular formula is C17H17BrCl2. The molecule has 0 N–H and O–H groups in total. The van der Waals surface area contributed by atoms with Crippen LogP contribution >= 0.6 is 39.1 Å². The Morgan fingerprint density at radius 3 is 2.10 bits per heavy atom. The molecule has 0 spiro atoms. The summed E-state index contributed by atoms with van der Waals surface area (Å²) in [6.45, 7) is 2.21. The number of alkyl halides is 1. The molecule has 2 aromatic rings. The van der Waals surface area contributed by atoms with Gasteiger partial charge >= 0.3 is 0 Å². The zero-order valence-corrected chi connectivity index (χ0v) is 14.5. The van der Waals surface area contributed by atoms with Gasteiger partial charge < -0.3 is 0 Å². The molecule has 2 aromatic carbocycles. The van der Waals surface area contributed by atoms with Crippen LogP contribution in [0.4, 0.5) is 0 Å². The number of aryl methyl sites for hydroxylation is 1. The summed E-state index contributed by atoms with van der Waals surface area (Å²) in [5.74, 6) is 0. The molecule has 0 aromatic heterocycles. The monoisotopic (exact) mass is 370 g/mol. The smallest absolute Gasteiger partial charge is 0.0645 e. The second kappa shape index (κ2) is 7.49. The van der Waals surface area contributed by atoms with Crippen molar-refractivity contribution in [3.63, 3.8) is 0 Å². The maximum atomic E-state index is 6.06. The molecule has 2 rings (SSSR count). The zero-order valence-electron chi connectivity index (χ0n) is 11.4. The molecule has 0 aliphatic carbocycles. The van der Waals surface area contributed by atoms with Crippen LogP contribution in [0.3, 0.4) is 0 Å². The van der Waals surface area contributed by atoms with Crippen LogP contribution in [0.5, 0.6) is 0 Å². The Labute approximate surface area is 139 Å². The van der Waals surface area contributed by atoms with E-state index in [1.165, 1.54) is 24.0 Å². The van der Waals surface area contributed by atoms with Gasteiger partial charge in [0, 0.05) is 10.0 Å². The number of unbranched alkanes of at least 4 members (excludes halogenated alkanes) is 1. The molecule has 0 bridgehead atoms. The summed E-state index contributed by atoms with van der Waals surface area (Å²) in [5, 5.41) is 1.33. The zero-order chi connectivity index (χ0) is 14.5. The van der Waals surface area contributed by atoms with Crippen molar-refractivity contribution in [1.29, 1.82) is 0 Å². The maximum absolute atomic E-state index is 6.06. The second-order valence-electron chi connectivity index (χ2n) is 4.91. The number of benzene rings is 2. The largest absolute Gasteiger partial charge is 0.0843 e. The molecule has 1 unspecified atom stereocenters. The Kier molecular flexibility index (Phi) is 5.95. The SMILES string of the molecule is CCCCc1ccc(C(Br)c2cc(Cl)cc(Cl)c2)cc1. The van der Waals surface area contributed by atoms with Crippen molar-refractivity contribution in [2.45, 2.75) is 31.0 Å². The molecule has 0 heterocycles. The molecule has 0 fully saturated rings. The predicted molar refractivity (Wildman–Crippen MR) is 92.3 cm³/mol. The highest BCUT2D eigenvalue weighted by Gasteiger charge is 2.11. The second-order valence-corrected chi connectivity index (χ2v) is 6.70.